The molecule has 0 saturated carbocycles. The number of nitrogens with two attached hydrogens (primary N) is 1. The zero-order valence-electron chi connectivity index (χ0n) is 8.11. The molecule has 0 unspecified atom stereocenters. The lowest BCUT2D eigenvalue weighted by molar-refractivity contribution is -0.384. The topological polar surface area (TPSA) is 81.5 Å². The van der Waals surface area contributed by atoms with E-state index in [1.54, 1.807) is 13.0 Å². The van der Waals surface area contributed by atoms with E-state index < -0.39 is 4.92 Å². The normalized spacial score (nSPS) is 11.5. The first-order chi connectivity index (χ1) is 7.04. The summed E-state index contributed by atoms with van der Waals surface area (Å²) in [6.07, 6.45) is 0. The van der Waals surface area contributed by atoms with Crippen LogP contribution in [0.3, 0.4) is 0 Å². The predicted octanol–water partition coefficient (Wildman–Crippen LogP) is 2.13. The van der Waals surface area contributed by atoms with Gasteiger partial charge in [-0.25, -0.2) is 4.99 Å². The molecule has 0 atom stereocenters. The van der Waals surface area contributed by atoms with Crippen molar-refractivity contribution in [3.63, 3.8) is 0 Å². The summed E-state index contributed by atoms with van der Waals surface area (Å²) in [7, 11) is 0. The molecule has 1 aromatic rings. The summed E-state index contributed by atoms with van der Waals surface area (Å²) in [4.78, 5) is 14.0. The molecule has 1 rings (SSSR count). The summed E-state index contributed by atoms with van der Waals surface area (Å²) < 4.78 is 0. The van der Waals surface area contributed by atoms with Crippen LogP contribution in [0.25, 0.3) is 0 Å². The van der Waals surface area contributed by atoms with Gasteiger partial charge >= 0.3 is 0 Å². The summed E-state index contributed by atoms with van der Waals surface area (Å²) in [5.41, 5.74) is 6.78. The monoisotopic (exact) mass is 227 g/mol. The summed E-state index contributed by atoms with van der Waals surface area (Å²) in [5.74, 6) is 0.421. The van der Waals surface area contributed by atoms with E-state index in [1.807, 2.05) is 0 Å². The highest BCUT2D eigenvalue weighted by molar-refractivity contribution is 6.28. The molecule has 0 radical (unpaired) electrons. The minimum Gasteiger partial charge on any atom is -0.386 e. The van der Waals surface area contributed by atoms with Crippen LogP contribution in [0.2, 0.25) is 0 Å². The molecule has 0 fully saturated rings. The third kappa shape index (κ3) is 2.92. The van der Waals surface area contributed by atoms with E-state index in [1.165, 1.54) is 12.1 Å². The first-order valence-corrected chi connectivity index (χ1v) is 4.72. The Morgan fingerprint density at radius 3 is 2.80 bits per heavy atom. The molecule has 0 aliphatic carbocycles. The molecule has 6 heteroatoms. The average molecular weight is 228 g/mol. The van der Waals surface area contributed by atoms with Gasteiger partial charge in [-0.1, -0.05) is 0 Å². The van der Waals surface area contributed by atoms with Gasteiger partial charge in [-0.3, -0.25) is 10.1 Å². The van der Waals surface area contributed by atoms with Crippen LogP contribution in [0.4, 0.5) is 11.4 Å². The summed E-state index contributed by atoms with van der Waals surface area (Å²) in [6, 6.07) is 4.38. The van der Waals surface area contributed by atoms with Crippen LogP contribution in [-0.4, -0.2) is 16.6 Å². The lowest BCUT2D eigenvalue weighted by Gasteiger charge is -2.00. The van der Waals surface area contributed by atoms with Gasteiger partial charge in [0.15, 0.2) is 0 Å². The zero-order chi connectivity index (χ0) is 11.4. The van der Waals surface area contributed by atoms with Gasteiger partial charge in [-0.05, 0) is 18.6 Å². The van der Waals surface area contributed by atoms with Crippen molar-refractivity contribution in [3.05, 3.63) is 33.9 Å². The maximum Gasteiger partial charge on any atom is 0.269 e. The first-order valence-electron chi connectivity index (χ1n) is 4.18. The van der Waals surface area contributed by atoms with Gasteiger partial charge in [0.2, 0.25) is 0 Å². The Morgan fingerprint density at radius 2 is 2.33 bits per heavy atom. The minimum atomic E-state index is -0.453. The number of amidine groups is 1. The smallest absolute Gasteiger partial charge is 0.269 e. The lowest BCUT2D eigenvalue weighted by Crippen LogP contribution is -2.12. The number of nitrogens with zero attached hydrogens (tertiary/aromatic N) is 2. The van der Waals surface area contributed by atoms with Crippen molar-refractivity contribution in [2.75, 3.05) is 5.88 Å². The first kappa shape index (κ1) is 11.5. The van der Waals surface area contributed by atoms with Crippen LogP contribution in [-0.2, 0) is 0 Å². The molecule has 2 N–H and O–H groups in total. The maximum absolute atomic E-state index is 10.5. The van der Waals surface area contributed by atoms with Gasteiger partial charge in [0.05, 0.1) is 16.5 Å². The standard InChI is InChI=1S/C9H10ClN3O2/c1-6-4-7(13(14)15)2-3-8(6)12-9(11)5-10/h2-4H,5H2,1H3,(H2,11,12). The zero-order valence-corrected chi connectivity index (χ0v) is 8.86. The van der Waals surface area contributed by atoms with Crippen LogP contribution >= 0.6 is 11.6 Å². The fourth-order valence-electron chi connectivity index (χ4n) is 1.06. The maximum atomic E-state index is 10.5. The van der Waals surface area contributed by atoms with E-state index in [0.717, 1.165) is 0 Å². The number of hydrogen-bond donors (Lipinski definition) is 1. The molecule has 0 aromatic heterocycles. The molecule has 0 bridgehead atoms. The molecule has 5 nitrogen and oxygen atoms in total. The fourth-order valence-corrected chi connectivity index (χ4v) is 1.12. The number of aliphatic imine (C=N–C) groups is 1. The van der Waals surface area contributed by atoms with Crippen molar-refractivity contribution in [1.29, 1.82) is 0 Å². The van der Waals surface area contributed by atoms with E-state index in [4.69, 9.17) is 17.3 Å². The van der Waals surface area contributed by atoms with Crippen molar-refractivity contribution >= 4 is 28.8 Å². The highest BCUT2D eigenvalue weighted by Crippen LogP contribution is 2.23. The SMILES string of the molecule is Cc1cc([N+](=O)[O-])ccc1N=C(N)CCl. The third-order valence-electron chi connectivity index (χ3n) is 1.79. The van der Waals surface area contributed by atoms with Crippen molar-refractivity contribution in [2.24, 2.45) is 10.7 Å². The number of rotatable bonds is 3. The van der Waals surface area contributed by atoms with E-state index in [9.17, 15) is 10.1 Å². The fraction of sp³-hybridized carbons (Fsp3) is 0.222. The number of halogens is 1. The van der Waals surface area contributed by atoms with Gasteiger partial charge in [0.25, 0.3) is 5.69 Å². The van der Waals surface area contributed by atoms with Crippen LogP contribution < -0.4 is 5.73 Å². The van der Waals surface area contributed by atoms with Gasteiger partial charge in [-0.2, -0.15) is 0 Å². The molecular formula is C9H10ClN3O2. The number of aryl methyl sites for hydroxylation is 1. The Balaban J connectivity index is 3.09. The van der Waals surface area contributed by atoms with E-state index in [2.05, 4.69) is 4.99 Å². The molecule has 0 aliphatic rings. The Kier molecular flexibility index (Phi) is 3.62. The Hall–Kier alpha value is -1.62. The number of non-ortho nitro benzene ring substituents is 1. The highest BCUT2D eigenvalue weighted by atomic mass is 35.5. The van der Waals surface area contributed by atoms with Crippen LogP contribution in [0.15, 0.2) is 23.2 Å². The highest BCUT2D eigenvalue weighted by Gasteiger charge is 2.07. The molecule has 15 heavy (non-hydrogen) atoms. The molecule has 0 heterocycles. The lowest BCUT2D eigenvalue weighted by atomic mass is 10.2. The van der Waals surface area contributed by atoms with Gasteiger partial charge in [0, 0.05) is 12.1 Å². The molecule has 0 spiro atoms. The van der Waals surface area contributed by atoms with Crippen molar-refractivity contribution in [3.8, 4) is 0 Å². The molecule has 0 amide bonds. The van der Waals surface area contributed by atoms with E-state index >= 15 is 0 Å². The Labute approximate surface area is 91.7 Å². The average Bonchev–Trinajstić information content (AvgIpc) is 2.20. The number of hydrogen-bond acceptors (Lipinski definition) is 3. The van der Waals surface area contributed by atoms with Crippen molar-refractivity contribution in [2.45, 2.75) is 6.92 Å². The molecule has 1 aromatic carbocycles. The van der Waals surface area contributed by atoms with Gasteiger partial charge in [-0.15, -0.1) is 11.6 Å². The second-order valence-electron chi connectivity index (χ2n) is 2.96. The molecule has 80 valence electrons. The predicted molar refractivity (Wildman–Crippen MR) is 59.8 cm³/mol. The van der Waals surface area contributed by atoms with Crippen LogP contribution in [0.1, 0.15) is 5.56 Å². The number of benzene rings is 1. The van der Waals surface area contributed by atoms with Crippen molar-refractivity contribution < 1.29 is 4.92 Å². The number of nitro benzene ring substituents is 1. The van der Waals surface area contributed by atoms with E-state index in [-0.39, 0.29) is 17.4 Å². The quantitative estimate of drug-likeness (QED) is 0.282. The number of alkyl halides is 1. The Morgan fingerprint density at radius 1 is 1.67 bits per heavy atom. The molecular weight excluding hydrogens is 218 g/mol. The summed E-state index contributed by atoms with van der Waals surface area (Å²) in [5, 5.41) is 10.5. The molecule has 0 saturated heterocycles. The van der Waals surface area contributed by atoms with Gasteiger partial charge in [0.1, 0.15) is 5.84 Å². The van der Waals surface area contributed by atoms with Crippen LogP contribution in [0, 0.1) is 17.0 Å². The van der Waals surface area contributed by atoms with Crippen LogP contribution in [0.5, 0.6) is 0 Å². The Bertz CT molecular complexity index is 418. The third-order valence-corrected chi connectivity index (χ3v) is 2.07. The second kappa shape index (κ2) is 4.75. The summed E-state index contributed by atoms with van der Waals surface area (Å²) >= 11 is 5.47. The summed E-state index contributed by atoms with van der Waals surface area (Å²) in [6.45, 7) is 1.73. The second-order valence-corrected chi connectivity index (χ2v) is 3.23. The van der Waals surface area contributed by atoms with Gasteiger partial charge < -0.3 is 5.73 Å². The van der Waals surface area contributed by atoms with E-state index in [0.29, 0.717) is 11.3 Å². The largest absolute Gasteiger partial charge is 0.386 e. The number of nitro groups is 1. The minimum absolute atomic E-state index is 0.0379. The molecule has 0 aliphatic heterocycles. The van der Waals surface area contributed by atoms with Crippen molar-refractivity contribution in [1.82, 2.24) is 0 Å².